The zero-order valence-electron chi connectivity index (χ0n) is 22.6. The largest absolute Gasteiger partial charge is 2.00 e. The van der Waals surface area contributed by atoms with Gasteiger partial charge in [-0.2, -0.15) is 0 Å². The van der Waals surface area contributed by atoms with Crippen LogP contribution in [0.4, 0.5) is 0 Å². The van der Waals surface area contributed by atoms with Crippen LogP contribution in [0.2, 0.25) is 0 Å². The molecule has 0 N–H and O–H groups in total. The Morgan fingerprint density at radius 3 is 1.05 bits per heavy atom. The molecule has 2 heterocycles. The zero-order valence-corrected chi connectivity index (χ0v) is 26.0. The van der Waals surface area contributed by atoms with E-state index in [4.69, 9.17) is 27.5 Å². The zero-order chi connectivity index (χ0) is 29.4. The van der Waals surface area contributed by atoms with Gasteiger partial charge in [-0.05, 0) is 54.1 Å². The maximum absolute atomic E-state index is 8.52. The van der Waals surface area contributed by atoms with Crippen molar-refractivity contribution in [3.63, 3.8) is 0 Å². The fourth-order valence-electron chi connectivity index (χ4n) is 4.74. The molecule has 43 heavy (non-hydrogen) atoms. The molecule has 216 valence electrons. The van der Waals surface area contributed by atoms with Crippen LogP contribution in [0.5, 0.6) is 0 Å². The molecule has 0 aliphatic rings. The van der Waals surface area contributed by atoms with Crippen LogP contribution in [-0.4, -0.2) is 27.5 Å². The Morgan fingerprint density at radius 1 is 0.465 bits per heavy atom. The summed E-state index contributed by atoms with van der Waals surface area (Å²) in [6.45, 7) is 0. The van der Waals surface area contributed by atoms with Gasteiger partial charge in [-0.15, -0.1) is 0 Å². The van der Waals surface area contributed by atoms with Crippen LogP contribution in [0.15, 0.2) is 146 Å². The van der Waals surface area contributed by atoms with Gasteiger partial charge in [0.1, 0.15) is 0 Å². The van der Waals surface area contributed by atoms with Crippen molar-refractivity contribution in [1.29, 1.82) is 0 Å². The van der Waals surface area contributed by atoms with Crippen LogP contribution < -0.4 is 10.9 Å². The summed E-state index contributed by atoms with van der Waals surface area (Å²) >= 11 is 0. The average Bonchev–Trinajstić information content (AvgIpc) is 3.02. The second-order valence-electron chi connectivity index (χ2n) is 9.16. The van der Waals surface area contributed by atoms with Gasteiger partial charge in [-0.3, -0.25) is 18.4 Å². The molecule has 0 atom stereocenters. The Hall–Kier alpha value is -3.86. The van der Waals surface area contributed by atoms with Crippen LogP contribution in [0.25, 0.3) is 44.5 Å². The summed E-state index contributed by atoms with van der Waals surface area (Å²) in [7, 11) is -4.88. The summed E-state index contributed by atoms with van der Waals surface area (Å²) < 4.78 is 34.1. The number of aromatic nitrogens is 2. The van der Waals surface area contributed by atoms with E-state index in [0.717, 1.165) is 22.0 Å². The van der Waals surface area contributed by atoms with E-state index in [0.29, 0.717) is 0 Å². The van der Waals surface area contributed by atoms with Crippen LogP contribution in [0.3, 0.4) is 0 Å². The number of hydrogen-bond donors (Lipinski definition) is 0. The summed E-state index contributed by atoms with van der Waals surface area (Å²) in [5, 5.41) is 0. The molecule has 0 unspecified atom stereocenters. The molecule has 6 rings (SSSR count). The van der Waals surface area contributed by atoms with Gasteiger partial charge in [0.05, 0.1) is 10.9 Å². The van der Waals surface area contributed by atoms with Crippen molar-refractivity contribution in [2.75, 3.05) is 0 Å². The SMILES string of the molecule is O=S(=O)([O-])[O-].[Pd+2].c1ccc(-c2ccnc(Pc3nccc(-c4ccccc4)c3-c3ccccc3)c2-c2ccccc2)cc1. The monoisotopic (exact) mass is 694 g/mol. The predicted octanol–water partition coefficient (Wildman–Crippen LogP) is 6.43. The molecular formula is C34H25N2O4PPdS. The van der Waals surface area contributed by atoms with Crippen molar-refractivity contribution in [3.05, 3.63) is 146 Å². The third-order valence-corrected chi connectivity index (χ3v) is 7.67. The second-order valence-corrected chi connectivity index (χ2v) is 11.2. The van der Waals surface area contributed by atoms with Crippen molar-refractivity contribution in [3.8, 4) is 44.5 Å². The number of nitrogens with zero attached hydrogens (tertiary/aromatic N) is 2. The predicted molar refractivity (Wildman–Crippen MR) is 168 cm³/mol. The van der Waals surface area contributed by atoms with Crippen LogP contribution in [0, 0.1) is 0 Å². The molecule has 0 radical (unpaired) electrons. The molecule has 0 aliphatic carbocycles. The molecule has 0 saturated carbocycles. The average molecular weight is 695 g/mol. The minimum absolute atomic E-state index is 0. The fraction of sp³-hybridized carbons (Fsp3) is 0. The minimum atomic E-state index is -5.17. The van der Waals surface area contributed by atoms with Gasteiger partial charge in [0, 0.05) is 33.9 Å². The molecule has 6 nitrogen and oxygen atoms in total. The summed E-state index contributed by atoms with van der Waals surface area (Å²) in [5.74, 6) is 0. The molecule has 0 fully saturated rings. The van der Waals surface area contributed by atoms with E-state index >= 15 is 0 Å². The van der Waals surface area contributed by atoms with E-state index in [1.54, 1.807) is 0 Å². The van der Waals surface area contributed by atoms with Crippen molar-refractivity contribution in [1.82, 2.24) is 9.97 Å². The standard InChI is InChI=1S/C34H25N2P.H2O4S.Pd/c1-5-13-25(14-6-1)29-21-23-35-33(31(29)27-17-9-3-10-18-27)37-34-32(28-19-11-4-12-20-28)30(22-24-36-34)26-15-7-2-8-16-26;1-5(2,3)4;/h1-24,37H;(H2,1,2,3,4);/q;;+2/p-2. The van der Waals surface area contributed by atoms with Crippen LogP contribution >= 0.6 is 8.58 Å². The first-order chi connectivity index (χ1) is 20.4. The van der Waals surface area contributed by atoms with Gasteiger partial charge in [0.25, 0.3) is 0 Å². The first-order valence-corrected chi connectivity index (χ1v) is 15.4. The normalized spacial score (nSPS) is 10.7. The Morgan fingerprint density at radius 2 is 0.744 bits per heavy atom. The first-order valence-electron chi connectivity index (χ1n) is 13.0. The Labute approximate surface area is 266 Å². The molecule has 4 aromatic carbocycles. The summed E-state index contributed by atoms with van der Waals surface area (Å²) in [4.78, 5) is 9.89. The molecule has 2 aromatic heterocycles. The van der Waals surface area contributed by atoms with Gasteiger partial charge in [0.2, 0.25) is 0 Å². The molecule has 9 heteroatoms. The molecule has 0 amide bonds. The van der Waals surface area contributed by atoms with Crippen molar-refractivity contribution in [2.24, 2.45) is 0 Å². The maximum Gasteiger partial charge on any atom is 2.00 e. The van der Waals surface area contributed by atoms with Crippen molar-refractivity contribution >= 4 is 29.8 Å². The summed E-state index contributed by atoms with van der Waals surface area (Å²) in [6.07, 6.45) is 3.86. The van der Waals surface area contributed by atoms with Crippen LogP contribution in [-0.2, 0) is 30.8 Å². The number of rotatable bonds is 6. The molecule has 0 spiro atoms. The van der Waals surface area contributed by atoms with Crippen molar-refractivity contribution in [2.45, 2.75) is 0 Å². The third-order valence-electron chi connectivity index (χ3n) is 6.43. The van der Waals surface area contributed by atoms with Crippen LogP contribution in [0.1, 0.15) is 0 Å². The molecule has 6 aromatic rings. The molecular weight excluding hydrogens is 670 g/mol. The molecule has 0 saturated heterocycles. The van der Waals surface area contributed by atoms with E-state index in [1.807, 2.05) is 12.4 Å². The summed E-state index contributed by atoms with van der Waals surface area (Å²) in [5.41, 5.74) is 11.5. The second kappa shape index (κ2) is 15.0. The van der Waals surface area contributed by atoms with Gasteiger partial charge in [0.15, 0.2) is 0 Å². The van der Waals surface area contributed by atoms with Gasteiger partial charge in [-0.25, -0.2) is 0 Å². The maximum atomic E-state index is 8.52. The Bertz CT molecular complexity index is 1750. The Kier molecular flexibility index (Phi) is 11.2. The topological polar surface area (TPSA) is 106 Å². The van der Waals surface area contributed by atoms with Gasteiger partial charge in [-0.1, -0.05) is 121 Å². The quantitative estimate of drug-likeness (QED) is 0.0861. The first kappa shape index (κ1) is 32.1. The Balaban J connectivity index is 0.000000654. The van der Waals surface area contributed by atoms with E-state index < -0.39 is 10.4 Å². The third kappa shape index (κ3) is 8.59. The smallest absolute Gasteiger partial charge is 0.759 e. The minimum Gasteiger partial charge on any atom is -0.759 e. The fourth-order valence-corrected chi connectivity index (χ4v) is 6.05. The number of benzene rings is 4. The van der Waals surface area contributed by atoms with E-state index in [2.05, 4.69) is 133 Å². The van der Waals surface area contributed by atoms with Crippen molar-refractivity contribution < 1.29 is 37.9 Å². The van der Waals surface area contributed by atoms with E-state index in [-0.39, 0.29) is 29.0 Å². The van der Waals surface area contributed by atoms with E-state index in [9.17, 15) is 0 Å². The summed E-state index contributed by atoms with van der Waals surface area (Å²) in [6, 6.07) is 46.5. The van der Waals surface area contributed by atoms with Gasteiger partial charge >= 0.3 is 20.4 Å². The van der Waals surface area contributed by atoms with Gasteiger partial charge < -0.3 is 9.11 Å². The number of pyridine rings is 2. The number of hydrogen-bond acceptors (Lipinski definition) is 6. The van der Waals surface area contributed by atoms with E-state index in [1.165, 1.54) is 33.4 Å². The molecule has 0 bridgehead atoms. The molecule has 0 aliphatic heterocycles.